The highest BCUT2D eigenvalue weighted by Gasteiger charge is 2.20. The highest BCUT2D eigenvalue weighted by molar-refractivity contribution is 5.83. The molecule has 0 N–H and O–H groups in total. The molecule has 0 atom stereocenters. The zero-order valence-corrected chi connectivity index (χ0v) is 24.8. The van der Waals surface area contributed by atoms with E-state index in [0.29, 0.717) is 23.6 Å². The van der Waals surface area contributed by atoms with Gasteiger partial charge in [-0.25, -0.2) is 0 Å². The molecule has 0 radical (unpaired) electrons. The molecule has 2 aromatic heterocycles. The van der Waals surface area contributed by atoms with Crippen LogP contribution in [0.1, 0.15) is 52.7 Å². The molecule has 210 valence electrons. The third-order valence-corrected chi connectivity index (χ3v) is 7.43. The molecule has 0 aliphatic heterocycles. The van der Waals surface area contributed by atoms with Crippen LogP contribution in [0.3, 0.4) is 0 Å². The van der Waals surface area contributed by atoms with Crippen molar-refractivity contribution in [3.05, 3.63) is 108 Å². The van der Waals surface area contributed by atoms with Gasteiger partial charge in [0.05, 0.1) is 0 Å². The van der Waals surface area contributed by atoms with Crippen LogP contribution in [0, 0.1) is 0 Å². The van der Waals surface area contributed by atoms with Crippen molar-refractivity contribution in [1.29, 1.82) is 0 Å². The summed E-state index contributed by atoms with van der Waals surface area (Å²) in [6, 6.07) is 32.7. The molecule has 0 spiro atoms. The summed E-state index contributed by atoms with van der Waals surface area (Å²) in [5.41, 5.74) is 7.94. The molecule has 0 saturated heterocycles. The van der Waals surface area contributed by atoms with Gasteiger partial charge in [0.25, 0.3) is 0 Å². The Kier molecular flexibility index (Phi) is 6.85. The molecule has 0 saturated carbocycles. The Hall–Kier alpha value is -4.84. The molecule has 0 aliphatic rings. The molecule has 6 rings (SSSR count). The van der Waals surface area contributed by atoms with E-state index in [2.05, 4.69) is 98.3 Å². The molecule has 0 bridgehead atoms. The van der Waals surface area contributed by atoms with E-state index in [9.17, 15) is 0 Å². The van der Waals surface area contributed by atoms with Crippen LogP contribution >= 0.6 is 0 Å². The third kappa shape index (κ3) is 5.53. The topological polar surface area (TPSA) is 77.8 Å². The van der Waals surface area contributed by atoms with Gasteiger partial charge in [-0.3, -0.25) is 0 Å². The number of hydrogen-bond acceptors (Lipinski definition) is 6. The fourth-order valence-electron chi connectivity index (χ4n) is 4.85. The smallest absolute Gasteiger partial charge is 0.248 e. The largest absolute Gasteiger partial charge is 0.416 e. The first-order chi connectivity index (χ1) is 20.1. The molecule has 6 heteroatoms. The van der Waals surface area contributed by atoms with Crippen LogP contribution in [-0.2, 0) is 10.8 Å². The van der Waals surface area contributed by atoms with E-state index in [0.717, 1.165) is 33.4 Å². The Morgan fingerprint density at radius 2 is 0.833 bits per heavy atom. The fraction of sp³-hybridized carbons (Fsp3) is 0.222. The van der Waals surface area contributed by atoms with Crippen molar-refractivity contribution in [3.8, 4) is 56.9 Å². The first kappa shape index (κ1) is 27.3. The summed E-state index contributed by atoms with van der Waals surface area (Å²) in [4.78, 5) is 0. The highest BCUT2D eigenvalue weighted by atomic mass is 16.4. The van der Waals surface area contributed by atoms with Crippen LogP contribution in [0.15, 0.2) is 106 Å². The first-order valence-corrected chi connectivity index (χ1v) is 14.2. The molecule has 2 heterocycles. The van der Waals surface area contributed by atoms with E-state index >= 15 is 0 Å². The van der Waals surface area contributed by atoms with Gasteiger partial charge in [-0.1, -0.05) is 102 Å². The van der Waals surface area contributed by atoms with Crippen LogP contribution in [0.4, 0.5) is 0 Å². The molecule has 0 amide bonds. The molecule has 4 aromatic carbocycles. The molecule has 0 unspecified atom stereocenters. The van der Waals surface area contributed by atoms with Crippen molar-refractivity contribution in [2.75, 3.05) is 0 Å². The molecule has 6 nitrogen and oxygen atoms in total. The van der Waals surface area contributed by atoms with Crippen LogP contribution in [0.5, 0.6) is 0 Å². The Balaban J connectivity index is 1.37. The van der Waals surface area contributed by atoms with Crippen molar-refractivity contribution in [2.24, 2.45) is 0 Å². The van der Waals surface area contributed by atoms with E-state index in [4.69, 9.17) is 8.83 Å². The zero-order valence-electron chi connectivity index (χ0n) is 24.8. The Morgan fingerprint density at radius 1 is 0.405 bits per heavy atom. The summed E-state index contributed by atoms with van der Waals surface area (Å²) >= 11 is 0. The average Bonchev–Trinajstić information content (AvgIpc) is 3.68. The summed E-state index contributed by atoms with van der Waals surface area (Å²) in [6.45, 7) is 13.2. The van der Waals surface area contributed by atoms with Crippen molar-refractivity contribution < 1.29 is 8.83 Å². The molecule has 6 aromatic rings. The highest BCUT2D eigenvalue weighted by Crippen LogP contribution is 2.37. The van der Waals surface area contributed by atoms with Gasteiger partial charge >= 0.3 is 0 Å². The first-order valence-electron chi connectivity index (χ1n) is 14.2. The lowest BCUT2D eigenvalue weighted by Gasteiger charge is -2.18. The van der Waals surface area contributed by atoms with Gasteiger partial charge in [0.2, 0.25) is 23.6 Å². The van der Waals surface area contributed by atoms with E-state index in [1.807, 2.05) is 60.7 Å². The quantitative estimate of drug-likeness (QED) is 0.211. The van der Waals surface area contributed by atoms with Gasteiger partial charge in [-0.05, 0) is 69.5 Å². The minimum absolute atomic E-state index is 0.0635. The maximum atomic E-state index is 6.26. The summed E-state index contributed by atoms with van der Waals surface area (Å²) in [7, 11) is 0. The summed E-state index contributed by atoms with van der Waals surface area (Å²) in [6.07, 6.45) is 0. The van der Waals surface area contributed by atoms with Gasteiger partial charge < -0.3 is 8.83 Å². The van der Waals surface area contributed by atoms with E-state index < -0.39 is 0 Å². The minimum atomic E-state index is 0.0635. The second kappa shape index (κ2) is 10.5. The van der Waals surface area contributed by atoms with Gasteiger partial charge in [-0.2, -0.15) is 0 Å². The molecule has 0 fully saturated rings. The molecular weight excluding hydrogens is 520 g/mol. The molecular formula is C36H34N4O2. The SMILES string of the molecule is CC(C)(C)c1ccc(-c2nnc(-c3ccc(-c4ccccc4)c(-c4nnc(-c5ccc(C(C)(C)C)cc5)o4)c3)o2)cc1. The van der Waals surface area contributed by atoms with Gasteiger partial charge in [0.1, 0.15) is 0 Å². The molecule has 42 heavy (non-hydrogen) atoms. The summed E-state index contributed by atoms with van der Waals surface area (Å²) in [5, 5.41) is 17.6. The van der Waals surface area contributed by atoms with Crippen molar-refractivity contribution >= 4 is 0 Å². The molecule has 0 aliphatic carbocycles. The average molecular weight is 555 g/mol. The lowest BCUT2D eigenvalue weighted by atomic mass is 9.87. The monoisotopic (exact) mass is 554 g/mol. The van der Waals surface area contributed by atoms with E-state index in [-0.39, 0.29) is 10.8 Å². The zero-order chi connectivity index (χ0) is 29.5. The van der Waals surface area contributed by atoms with Crippen LogP contribution < -0.4 is 0 Å². The minimum Gasteiger partial charge on any atom is -0.416 e. The summed E-state index contributed by atoms with van der Waals surface area (Å²) in [5.74, 6) is 1.78. The van der Waals surface area contributed by atoms with Gasteiger partial charge in [-0.15, -0.1) is 20.4 Å². The van der Waals surface area contributed by atoms with Gasteiger partial charge in [0.15, 0.2) is 0 Å². The van der Waals surface area contributed by atoms with E-state index in [1.165, 1.54) is 11.1 Å². The maximum absolute atomic E-state index is 6.26. The number of rotatable bonds is 5. The van der Waals surface area contributed by atoms with Crippen LogP contribution in [0.25, 0.3) is 56.9 Å². The van der Waals surface area contributed by atoms with Gasteiger partial charge in [0, 0.05) is 22.3 Å². The summed E-state index contributed by atoms with van der Waals surface area (Å²) < 4.78 is 12.4. The van der Waals surface area contributed by atoms with Crippen molar-refractivity contribution in [1.82, 2.24) is 20.4 Å². The normalized spacial score (nSPS) is 12.0. The number of aromatic nitrogens is 4. The second-order valence-electron chi connectivity index (χ2n) is 12.6. The number of benzene rings is 4. The third-order valence-electron chi connectivity index (χ3n) is 7.43. The number of nitrogens with zero attached hydrogens (tertiary/aromatic N) is 4. The Bertz CT molecular complexity index is 1820. The van der Waals surface area contributed by atoms with E-state index in [1.54, 1.807) is 0 Å². The van der Waals surface area contributed by atoms with Crippen molar-refractivity contribution in [3.63, 3.8) is 0 Å². The standard InChI is InChI=1S/C36H34N4O2/c1-35(2,3)27-17-12-24(13-18-27)31-37-39-33(41-31)26-16-21-29(23-10-8-7-9-11-23)30(22-26)34-40-38-32(42-34)25-14-19-28(20-15-25)36(4,5)6/h7-22H,1-6H3. The van der Waals surface area contributed by atoms with Crippen molar-refractivity contribution in [2.45, 2.75) is 52.4 Å². The predicted octanol–water partition coefficient (Wildman–Crippen LogP) is 9.38. The van der Waals surface area contributed by atoms with Crippen LogP contribution in [-0.4, -0.2) is 20.4 Å². The lowest BCUT2D eigenvalue weighted by molar-refractivity contribution is 0.580. The maximum Gasteiger partial charge on any atom is 0.248 e. The lowest BCUT2D eigenvalue weighted by Crippen LogP contribution is -2.10. The second-order valence-corrected chi connectivity index (χ2v) is 12.6. The fourth-order valence-corrected chi connectivity index (χ4v) is 4.85. The van der Waals surface area contributed by atoms with Crippen LogP contribution in [0.2, 0.25) is 0 Å². The number of hydrogen-bond donors (Lipinski definition) is 0. The predicted molar refractivity (Wildman–Crippen MR) is 167 cm³/mol. The Labute approximate surface area is 246 Å². The Morgan fingerprint density at radius 3 is 1.33 bits per heavy atom.